The Balaban J connectivity index is 2.61. The molecule has 1 N–H and O–H groups in total. The summed E-state index contributed by atoms with van der Waals surface area (Å²) in [5, 5.41) is 24.4. The van der Waals surface area contributed by atoms with Gasteiger partial charge in [0.15, 0.2) is 5.78 Å². The van der Waals surface area contributed by atoms with Crippen molar-refractivity contribution in [3.8, 4) is 6.07 Å². The minimum Gasteiger partial charge on any atom is -0.353 e. The number of rotatable bonds is 5. The number of nitrogens with one attached hydrogen (secondary N) is 1. The number of ketones is 1. The first-order valence-corrected chi connectivity index (χ1v) is 8.39. The van der Waals surface area contributed by atoms with E-state index in [-0.39, 0.29) is 11.5 Å². The summed E-state index contributed by atoms with van der Waals surface area (Å²) in [5.74, 6) is 0.142. The van der Waals surface area contributed by atoms with Crippen LogP contribution in [0.1, 0.15) is 32.3 Å². The third-order valence-corrected chi connectivity index (χ3v) is 4.65. The number of carbonyl (C=O) groups is 1. The van der Waals surface area contributed by atoms with E-state index in [1.165, 1.54) is 30.8 Å². The number of hydrogen-bond donors (Lipinski definition) is 1. The number of benzene rings is 1. The minimum atomic E-state index is -0.511. The summed E-state index contributed by atoms with van der Waals surface area (Å²) in [5.41, 5.74) is 2.36. The first-order chi connectivity index (χ1) is 11.4. The van der Waals surface area contributed by atoms with Crippen molar-refractivity contribution in [3.05, 3.63) is 61.8 Å². The zero-order valence-corrected chi connectivity index (χ0v) is 14.4. The summed E-state index contributed by atoms with van der Waals surface area (Å²) in [7, 11) is 0. The molecule has 0 aliphatic carbocycles. The zero-order valence-electron chi connectivity index (χ0n) is 13.6. The number of nitrogens with zero attached hydrogens (tertiary/aromatic N) is 2. The first-order valence-electron chi connectivity index (χ1n) is 7.40. The molecule has 0 radical (unpaired) electrons. The molecule has 1 aliphatic heterocycles. The van der Waals surface area contributed by atoms with Gasteiger partial charge in [-0.15, -0.1) is 11.8 Å². The van der Waals surface area contributed by atoms with E-state index in [9.17, 15) is 20.2 Å². The lowest BCUT2D eigenvalue weighted by molar-refractivity contribution is -0.384. The van der Waals surface area contributed by atoms with E-state index in [1.54, 1.807) is 19.1 Å². The van der Waals surface area contributed by atoms with E-state index < -0.39 is 10.8 Å². The van der Waals surface area contributed by atoms with Crippen LogP contribution >= 0.6 is 11.8 Å². The fourth-order valence-electron chi connectivity index (χ4n) is 2.76. The molecule has 6 nitrogen and oxygen atoms in total. The third kappa shape index (κ3) is 3.34. The number of nitriles is 1. The van der Waals surface area contributed by atoms with Crippen LogP contribution in [-0.2, 0) is 4.79 Å². The monoisotopic (exact) mass is 343 g/mol. The average Bonchev–Trinajstić information content (AvgIpc) is 2.54. The minimum absolute atomic E-state index is 0.0246. The molecule has 1 atom stereocenters. The van der Waals surface area contributed by atoms with Crippen molar-refractivity contribution in [1.82, 2.24) is 5.32 Å². The highest BCUT2D eigenvalue weighted by atomic mass is 32.2. The van der Waals surface area contributed by atoms with Crippen molar-refractivity contribution in [2.24, 2.45) is 0 Å². The molecule has 24 heavy (non-hydrogen) atoms. The van der Waals surface area contributed by atoms with E-state index in [1.807, 2.05) is 6.92 Å². The second-order valence-electron chi connectivity index (χ2n) is 5.29. The molecule has 1 aromatic rings. The molecular weight excluding hydrogens is 326 g/mol. The second-order valence-corrected chi connectivity index (χ2v) is 6.56. The zero-order chi connectivity index (χ0) is 17.9. The van der Waals surface area contributed by atoms with Gasteiger partial charge in [-0.25, -0.2) is 0 Å². The number of hydrogen-bond acceptors (Lipinski definition) is 6. The molecule has 0 spiro atoms. The second kappa shape index (κ2) is 7.32. The molecule has 1 aromatic carbocycles. The molecule has 2 rings (SSSR count). The van der Waals surface area contributed by atoms with Gasteiger partial charge < -0.3 is 5.32 Å². The number of allylic oxidation sites excluding steroid dienone is 3. The fourth-order valence-corrected chi connectivity index (χ4v) is 3.59. The summed E-state index contributed by atoms with van der Waals surface area (Å²) in [4.78, 5) is 22.5. The number of nitro benzene ring substituents is 1. The molecular formula is C17H17N3O3S. The van der Waals surface area contributed by atoms with Gasteiger partial charge >= 0.3 is 0 Å². The van der Waals surface area contributed by atoms with Crippen molar-refractivity contribution in [2.75, 3.05) is 5.75 Å². The predicted octanol–water partition coefficient (Wildman–Crippen LogP) is 3.63. The van der Waals surface area contributed by atoms with Crippen LogP contribution in [0, 0.1) is 21.4 Å². The molecule has 7 heteroatoms. The topological polar surface area (TPSA) is 96.0 Å². The van der Waals surface area contributed by atoms with Crippen LogP contribution in [-0.4, -0.2) is 16.5 Å². The summed E-state index contributed by atoms with van der Waals surface area (Å²) in [6.45, 7) is 5.25. The van der Waals surface area contributed by atoms with Crippen LogP contribution in [0.3, 0.4) is 0 Å². The Morgan fingerprint density at radius 2 is 2.04 bits per heavy atom. The fraction of sp³-hybridized carbons (Fsp3) is 0.294. The number of non-ortho nitro benzene ring substituents is 1. The molecule has 0 saturated carbocycles. The van der Waals surface area contributed by atoms with Crippen molar-refractivity contribution in [2.45, 2.75) is 26.7 Å². The first kappa shape index (κ1) is 17.8. The van der Waals surface area contributed by atoms with Crippen LogP contribution in [0.15, 0.2) is 46.1 Å². The lowest BCUT2D eigenvalue weighted by Crippen LogP contribution is -2.27. The van der Waals surface area contributed by atoms with E-state index in [4.69, 9.17) is 0 Å². The molecule has 0 saturated heterocycles. The SMILES string of the molecule is CCSC1=C(C#N)C(c2ccc([N+](=O)[O-])cc2)C(C(C)=O)=C(C)N1. The van der Waals surface area contributed by atoms with Crippen molar-refractivity contribution in [3.63, 3.8) is 0 Å². The molecule has 0 bridgehead atoms. The Hall–Kier alpha value is -2.59. The van der Waals surface area contributed by atoms with E-state index in [0.29, 0.717) is 22.4 Å². The highest BCUT2D eigenvalue weighted by Crippen LogP contribution is 2.41. The Bertz CT molecular complexity index is 788. The summed E-state index contributed by atoms with van der Waals surface area (Å²) >= 11 is 1.50. The third-order valence-electron chi connectivity index (χ3n) is 3.75. The van der Waals surface area contributed by atoms with Gasteiger partial charge in [-0.1, -0.05) is 19.1 Å². The maximum atomic E-state index is 12.1. The standard InChI is InChI=1S/C17H17N3O3S/c1-4-24-17-14(9-18)16(15(11(3)21)10(2)19-17)12-5-7-13(8-6-12)20(22)23/h5-8,16,19H,4H2,1-3H3. The number of nitro groups is 1. The van der Waals surface area contributed by atoms with Crippen molar-refractivity contribution in [1.29, 1.82) is 5.26 Å². The lowest BCUT2D eigenvalue weighted by Gasteiger charge is -2.29. The van der Waals surface area contributed by atoms with Gasteiger partial charge in [-0.05, 0) is 25.2 Å². The quantitative estimate of drug-likeness (QED) is 0.648. The molecule has 1 aliphatic rings. The predicted molar refractivity (Wildman–Crippen MR) is 93.1 cm³/mol. The lowest BCUT2D eigenvalue weighted by atomic mass is 9.81. The van der Waals surface area contributed by atoms with Gasteiger partial charge in [-0.3, -0.25) is 14.9 Å². The van der Waals surface area contributed by atoms with Gasteiger partial charge in [0.1, 0.15) is 0 Å². The smallest absolute Gasteiger partial charge is 0.269 e. The highest BCUT2D eigenvalue weighted by molar-refractivity contribution is 8.03. The van der Waals surface area contributed by atoms with Crippen LogP contribution in [0.5, 0.6) is 0 Å². The van der Waals surface area contributed by atoms with Gasteiger partial charge in [-0.2, -0.15) is 5.26 Å². The number of carbonyl (C=O) groups excluding carboxylic acids is 1. The summed E-state index contributed by atoms with van der Waals surface area (Å²) < 4.78 is 0. The number of thioether (sulfide) groups is 1. The van der Waals surface area contributed by atoms with E-state index in [0.717, 1.165) is 10.8 Å². The van der Waals surface area contributed by atoms with Crippen molar-refractivity contribution < 1.29 is 9.72 Å². The number of dihydropyridines is 1. The maximum Gasteiger partial charge on any atom is 0.269 e. The van der Waals surface area contributed by atoms with Crippen LogP contribution in [0.2, 0.25) is 0 Å². The molecule has 0 aromatic heterocycles. The molecule has 1 heterocycles. The van der Waals surface area contributed by atoms with Crippen LogP contribution in [0.4, 0.5) is 5.69 Å². The summed E-state index contributed by atoms with van der Waals surface area (Å²) in [6.07, 6.45) is 0. The molecule has 0 fully saturated rings. The molecule has 0 amide bonds. The summed E-state index contributed by atoms with van der Waals surface area (Å²) in [6, 6.07) is 8.21. The van der Waals surface area contributed by atoms with Crippen LogP contribution in [0.25, 0.3) is 0 Å². The van der Waals surface area contributed by atoms with Gasteiger partial charge in [0.05, 0.1) is 27.5 Å². The average molecular weight is 343 g/mol. The van der Waals surface area contributed by atoms with Crippen LogP contribution < -0.4 is 5.32 Å². The Morgan fingerprint density at radius 3 is 2.50 bits per heavy atom. The van der Waals surface area contributed by atoms with Crippen molar-refractivity contribution >= 4 is 23.2 Å². The Kier molecular flexibility index (Phi) is 5.42. The van der Waals surface area contributed by atoms with E-state index in [2.05, 4.69) is 11.4 Å². The van der Waals surface area contributed by atoms with Gasteiger partial charge in [0.25, 0.3) is 5.69 Å². The Morgan fingerprint density at radius 1 is 1.42 bits per heavy atom. The molecule has 124 valence electrons. The normalized spacial score (nSPS) is 17.3. The van der Waals surface area contributed by atoms with Gasteiger partial charge in [0, 0.05) is 23.4 Å². The Labute approximate surface area is 144 Å². The van der Waals surface area contributed by atoms with Gasteiger partial charge in [0.2, 0.25) is 0 Å². The largest absolute Gasteiger partial charge is 0.353 e. The molecule has 1 unspecified atom stereocenters. The maximum absolute atomic E-state index is 12.1. The number of Topliss-reactive ketones (excluding diaryl/α,β-unsaturated/α-hetero) is 1. The highest BCUT2D eigenvalue weighted by Gasteiger charge is 2.33. The van der Waals surface area contributed by atoms with E-state index >= 15 is 0 Å².